The van der Waals surface area contributed by atoms with Crippen molar-refractivity contribution in [3.63, 3.8) is 0 Å². The highest BCUT2D eigenvalue weighted by Gasteiger charge is 2.32. The van der Waals surface area contributed by atoms with Crippen LogP contribution < -0.4 is 0 Å². The Morgan fingerprint density at radius 1 is 1.10 bits per heavy atom. The van der Waals surface area contributed by atoms with E-state index in [4.69, 9.17) is 0 Å². The molecule has 0 amide bonds. The minimum atomic E-state index is 0.415. The van der Waals surface area contributed by atoms with Crippen molar-refractivity contribution < 1.29 is 5.11 Å². The Labute approximate surface area is 129 Å². The van der Waals surface area contributed by atoms with Crippen LogP contribution in [0.3, 0.4) is 0 Å². The smallest absolute Gasteiger partial charge is 0.115 e. The Morgan fingerprint density at radius 2 is 1.90 bits per heavy atom. The van der Waals surface area contributed by atoms with Gasteiger partial charge in [0.2, 0.25) is 0 Å². The first kappa shape index (κ1) is 14.9. The summed E-state index contributed by atoms with van der Waals surface area (Å²) in [5, 5.41) is 9.65. The third-order valence-electron chi connectivity index (χ3n) is 5.60. The molecule has 1 aliphatic heterocycles. The lowest BCUT2D eigenvalue weighted by molar-refractivity contribution is 0.182. The molecule has 0 aromatic heterocycles. The number of hydrogen-bond acceptors (Lipinski definition) is 2. The van der Waals surface area contributed by atoms with Crippen molar-refractivity contribution in [2.75, 3.05) is 13.1 Å². The van der Waals surface area contributed by atoms with E-state index in [9.17, 15) is 5.11 Å². The summed E-state index contributed by atoms with van der Waals surface area (Å²) in [6.07, 6.45) is 6.36. The number of aryl methyl sites for hydroxylation is 1. The molecule has 1 aromatic carbocycles. The van der Waals surface area contributed by atoms with Crippen LogP contribution in [0.1, 0.15) is 63.6 Å². The molecule has 1 aliphatic carbocycles. The highest BCUT2D eigenvalue weighted by Crippen LogP contribution is 2.40. The van der Waals surface area contributed by atoms with Gasteiger partial charge in [-0.25, -0.2) is 0 Å². The molecule has 1 aromatic rings. The van der Waals surface area contributed by atoms with E-state index in [1.807, 2.05) is 12.1 Å². The molecular weight excluding hydrogens is 258 g/mol. The maximum atomic E-state index is 9.65. The summed E-state index contributed by atoms with van der Waals surface area (Å²) < 4.78 is 0. The van der Waals surface area contributed by atoms with Crippen LogP contribution in [0.5, 0.6) is 5.75 Å². The number of rotatable bonds is 1. The van der Waals surface area contributed by atoms with Crippen LogP contribution in [0.15, 0.2) is 18.2 Å². The fourth-order valence-corrected chi connectivity index (χ4v) is 4.26. The largest absolute Gasteiger partial charge is 0.508 e. The van der Waals surface area contributed by atoms with E-state index in [2.05, 4.69) is 31.7 Å². The molecule has 2 nitrogen and oxygen atoms in total. The molecule has 116 valence electrons. The second kappa shape index (κ2) is 5.64. The van der Waals surface area contributed by atoms with Crippen molar-refractivity contribution in [2.24, 2.45) is 11.3 Å². The van der Waals surface area contributed by atoms with Gasteiger partial charge in [0.05, 0.1) is 0 Å². The molecule has 0 saturated carbocycles. The predicted molar refractivity (Wildman–Crippen MR) is 87.5 cm³/mol. The molecule has 0 bridgehead atoms. The first-order valence-corrected chi connectivity index (χ1v) is 8.51. The Morgan fingerprint density at radius 3 is 2.67 bits per heavy atom. The van der Waals surface area contributed by atoms with Gasteiger partial charge in [-0.1, -0.05) is 26.8 Å². The van der Waals surface area contributed by atoms with Crippen molar-refractivity contribution >= 4 is 0 Å². The van der Waals surface area contributed by atoms with Crippen molar-refractivity contribution in [2.45, 2.75) is 58.9 Å². The predicted octanol–water partition coefficient (Wildman–Crippen LogP) is 4.53. The number of benzene rings is 1. The highest BCUT2D eigenvalue weighted by molar-refractivity contribution is 5.40. The monoisotopic (exact) mass is 287 g/mol. The zero-order chi connectivity index (χ0) is 15.0. The molecule has 3 rings (SSSR count). The number of aromatic hydroxyl groups is 1. The van der Waals surface area contributed by atoms with Gasteiger partial charge >= 0.3 is 0 Å². The summed E-state index contributed by atoms with van der Waals surface area (Å²) in [5.74, 6) is 1.27. The quantitative estimate of drug-likeness (QED) is 0.820. The highest BCUT2D eigenvalue weighted by atomic mass is 16.3. The van der Waals surface area contributed by atoms with Gasteiger partial charge < -0.3 is 5.11 Å². The molecule has 1 saturated heterocycles. The van der Waals surface area contributed by atoms with E-state index in [0.717, 1.165) is 12.3 Å². The molecule has 1 N–H and O–H groups in total. The maximum Gasteiger partial charge on any atom is 0.115 e. The molecule has 0 spiro atoms. The fraction of sp³-hybridized carbons (Fsp3) is 0.684. The SMILES string of the molecule is CC(C)(C)C1CCCN(C2CCc3cc(O)ccc32)CC1. The summed E-state index contributed by atoms with van der Waals surface area (Å²) in [5.41, 5.74) is 3.26. The van der Waals surface area contributed by atoms with E-state index in [-0.39, 0.29) is 0 Å². The minimum absolute atomic E-state index is 0.415. The molecular formula is C19H29NO. The van der Waals surface area contributed by atoms with Gasteiger partial charge in [-0.15, -0.1) is 0 Å². The zero-order valence-electron chi connectivity index (χ0n) is 13.7. The summed E-state index contributed by atoms with van der Waals surface area (Å²) in [4.78, 5) is 2.70. The summed E-state index contributed by atoms with van der Waals surface area (Å²) in [6.45, 7) is 9.63. The van der Waals surface area contributed by atoms with Gasteiger partial charge in [0, 0.05) is 6.04 Å². The molecule has 2 atom stereocenters. The van der Waals surface area contributed by atoms with Gasteiger partial charge in [-0.3, -0.25) is 4.90 Å². The van der Waals surface area contributed by atoms with E-state index in [1.165, 1.54) is 49.9 Å². The molecule has 2 aliphatic rings. The number of nitrogens with zero attached hydrogens (tertiary/aromatic N) is 1. The Hall–Kier alpha value is -1.02. The average Bonchev–Trinajstić information content (AvgIpc) is 2.66. The first-order valence-electron chi connectivity index (χ1n) is 8.51. The molecule has 0 radical (unpaired) electrons. The normalized spacial score (nSPS) is 27.4. The van der Waals surface area contributed by atoms with Crippen LogP contribution >= 0.6 is 0 Å². The third-order valence-corrected chi connectivity index (χ3v) is 5.60. The van der Waals surface area contributed by atoms with Crippen molar-refractivity contribution in [3.8, 4) is 5.75 Å². The number of fused-ring (bicyclic) bond motifs is 1. The molecule has 2 unspecified atom stereocenters. The van der Waals surface area contributed by atoms with Gasteiger partial charge in [0.15, 0.2) is 0 Å². The number of phenolic OH excluding ortho intramolecular Hbond substituents is 1. The van der Waals surface area contributed by atoms with E-state index < -0.39 is 0 Å². The van der Waals surface area contributed by atoms with Gasteiger partial charge in [-0.05, 0) is 79.8 Å². The number of phenols is 1. The Kier molecular flexibility index (Phi) is 4.00. The van der Waals surface area contributed by atoms with E-state index >= 15 is 0 Å². The van der Waals surface area contributed by atoms with Gasteiger partial charge in [-0.2, -0.15) is 0 Å². The van der Waals surface area contributed by atoms with Crippen LogP contribution in [-0.2, 0) is 6.42 Å². The lowest BCUT2D eigenvalue weighted by atomic mass is 9.77. The van der Waals surface area contributed by atoms with Crippen molar-refractivity contribution in [3.05, 3.63) is 29.3 Å². The topological polar surface area (TPSA) is 23.5 Å². The van der Waals surface area contributed by atoms with Crippen LogP contribution in [0.2, 0.25) is 0 Å². The van der Waals surface area contributed by atoms with Crippen LogP contribution in [0.4, 0.5) is 0 Å². The number of likely N-dealkylation sites (tertiary alicyclic amines) is 1. The van der Waals surface area contributed by atoms with E-state index in [1.54, 1.807) is 0 Å². The second-order valence-corrected chi connectivity index (χ2v) is 7.97. The minimum Gasteiger partial charge on any atom is -0.508 e. The summed E-state index contributed by atoms with van der Waals surface area (Å²) in [6, 6.07) is 6.55. The molecule has 2 heteroatoms. The molecule has 1 fully saturated rings. The number of hydrogen-bond donors (Lipinski definition) is 1. The molecule has 1 heterocycles. The fourth-order valence-electron chi connectivity index (χ4n) is 4.26. The van der Waals surface area contributed by atoms with E-state index in [0.29, 0.717) is 17.2 Å². The zero-order valence-corrected chi connectivity index (χ0v) is 13.7. The van der Waals surface area contributed by atoms with Gasteiger partial charge in [0.1, 0.15) is 5.75 Å². The molecule has 21 heavy (non-hydrogen) atoms. The van der Waals surface area contributed by atoms with Crippen LogP contribution in [0.25, 0.3) is 0 Å². The first-order chi connectivity index (χ1) is 9.95. The van der Waals surface area contributed by atoms with Gasteiger partial charge in [0.25, 0.3) is 0 Å². The Balaban J connectivity index is 1.72. The van der Waals surface area contributed by atoms with Crippen LogP contribution in [0, 0.1) is 11.3 Å². The van der Waals surface area contributed by atoms with Crippen LogP contribution in [-0.4, -0.2) is 23.1 Å². The second-order valence-electron chi connectivity index (χ2n) is 7.97. The van der Waals surface area contributed by atoms with Crippen molar-refractivity contribution in [1.82, 2.24) is 4.90 Å². The Bertz CT molecular complexity index is 503. The third kappa shape index (κ3) is 3.11. The maximum absolute atomic E-state index is 9.65. The summed E-state index contributed by atoms with van der Waals surface area (Å²) >= 11 is 0. The lowest BCUT2D eigenvalue weighted by Crippen LogP contribution is -2.29. The average molecular weight is 287 g/mol. The standard InChI is InChI=1S/C19H29NO/c1-19(2,3)15-5-4-11-20(12-10-15)18-9-6-14-13-16(21)7-8-17(14)18/h7-8,13,15,18,21H,4-6,9-12H2,1-3H3. The van der Waals surface area contributed by atoms with Crippen molar-refractivity contribution in [1.29, 1.82) is 0 Å². The summed E-state index contributed by atoms with van der Waals surface area (Å²) in [7, 11) is 0. The lowest BCUT2D eigenvalue weighted by Gasteiger charge is -2.31.